The highest BCUT2D eigenvalue weighted by Crippen LogP contribution is 2.49. The van der Waals surface area contributed by atoms with E-state index in [9.17, 15) is 27.6 Å². The summed E-state index contributed by atoms with van der Waals surface area (Å²) in [5.74, 6) is -4.36. The normalized spacial score (nSPS) is 34.6. The van der Waals surface area contributed by atoms with Gasteiger partial charge in [0.2, 0.25) is 0 Å². The quantitative estimate of drug-likeness (QED) is 0.564. The first-order valence-corrected chi connectivity index (χ1v) is 6.69. The van der Waals surface area contributed by atoms with Crippen LogP contribution >= 0.6 is 0 Å². The van der Waals surface area contributed by atoms with E-state index >= 15 is 0 Å². The van der Waals surface area contributed by atoms with E-state index in [-0.39, 0.29) is 19.4 Å². The molecule has 0 radical (unpaired) electrons. The van der Waals surface area contributed by atoms with Crippen LogP contribution in [-0.4, -0.2) is 42.9 Å². The van der Waals surface area contributed by atoms with Gasteiger partial charge in [-0.25, -0.2) is 4.79 Å². The zero-order valence-electron chi connectivity index (χ0n) is 11.9. The first-order chi connectivity index (χ1) is 10.1. The van der Waals surface area contributed by atoms with Crippen molar-refractivity contribution in [3.8, 4) is 0 Å². The molecule has 0 aromatic heterocycles. The highest BCUT2D eigenvalue weighted by atomic mass is 19.4. The van der Waals surface area contributed by atoms with Crippen LogP contribution < -0.4 is 0 Å². The molecule has 0 aromatic rings. The maximum atomic E-state index is 12.3. The summed E-state index contributed by atoms with van der Waals surface area (Å²) in [4.78, 5) is 34.1. The van der Waals surface area contributed by atoms with Crippen LogP contribution in [0.5, 0.6) is 0 Å². The third-order valence-electron chi connectivity index (χ3n) is 4.23. The number of alkyl halides is 3. The number of cyclic esters (lactones) is 1. The van der Waals surface area contributed by atoms with Crippen molar-refractivity contribution in [3.63, 3.8) is 0 Å². The Morgan fingerprint density at radius 3 is 2.45 bits per heavy atom. The van der Waals surface area contributed by atoms with Gasteiger partial charge in [-0.15, -0.1) is 0 Å². The number of esters is 3. The number of fused-ring (bicyclic) bond motifs is 1. The standard InChI is InChI=1S/C13H15F3O6/c1-6(17)21-9-4-3-8(22-11(19)13(14,15)16)7-5-20-10(18)12(7,9)2/h7-9H,3-5H2,1-2H3/t7-,8-,9+,12-/m1/s1. The van der Waals surface area contributed by atoms with E-state index in [4.69, 9.17) is 9.47 Å². The molecule has 2 fully saturated rings. The summed E-state index contributed by atoms with van der Waals surface area (Å²) < 4.78 is 51.5. The zero-order chi connectivity index (χ0) is 16.7. The van der Waals surface area contributed by atoms with Gasteiger partial charge in [-0.2, -0.15) is 13.2 Å². The molecule has 0 amide bonds. The lowest BCUT2D eigenvalue weighted by atomic mass is 9.66. The van der Waals surface area contributed by atoms with Crippen LogP contribution in [0.25, 0.3) is 0 Å². The van der Waals surface area contributed by atoms with Crippen molar-refractivity contribution in [2.24, 2.45) is 11.3 Å². The van der Waals surface area contributed by atoms with Crippen LogP contribution in [0.2, 0.25) is 0 Å². The Bertz CT molecular complexity index is 502. The maximum Gasteiger partial charge on any atom is 0.490 e. The number of halogens is 3. The molecule has 1 heterocycles. The Morgan fingerprint density at radius 2 is 1.91 bits per heavy atom. The maximum absolute atomic E-state index is 12.3. The molecule has 0 spiro atoms. The van der Waals surface area contributed by atoms with E-state index in [0.717, 1.165) is 0 Å². The van der Waals surface area contributed by atoms with Crippen LogP contribution in [0.3, 0.4) is 0 Å². The smallest absolute Gasteiger partial charge is 0.465 e. The Hall–Kier alpha value is -1.80. The number of hydrogen-bond donors (Lipinski definition) is 0. The fourth-order valence-corrected chi connectivity index (χ4v) is 3.05. The van der Waals surface area contributed by atoms with Gasteiger partial charge in [-0.05, 0) is 19.8 Å². The van der Waals surface area contributed by atoms with Crippen molar-refractivity contribution in [2.75, 3.05) is 6.61 Å². The summed E-state index contributed by atoms with van der Waals surface area (Å²) in [7, 11) is 0. The second-order valence-electron chi connectivity index (χ2n) is 5.60. The van der Waals surface area contributed by atoms with Gasteiger partial charge in [-0.3, -0.25) is 9.59 Å². The van der Waals surface area contributed by atoms with E-state index in [1.165, 1.54) is 13.8 Å². The van der Waals surface area contributed by atoms with Crippen LogP contribution in [0.1, 0.15) is 26.7 Å². The van der Waals surface area contributed by atoms with E-state index in [1.54, 1.807) is 0 Å². The molecule has 2 rings (SSSR count). The van der Waals surface area contributed by atoms with Gasteiger partial charge in [0.05, 0.1) is 6.61 Å². The lowest BCUT2D eigenvalue weighted by Gasteiger charge is -2.42. The number of carbonyl (C=O) groups excluding carboxylic acids is 3. The van der Waals surface area contributed by atoms with Gasteiger partial charge < -0.3 is 14.2 Å². The van der Waals surface area contributed by atoms with Gasteiger partial charge in [0, 0.05) is 12.8 Å². The minimum Gasteiger partial charge on any atom is -0.465 e. The average Bonchev–Trinajstić information content (AvgIpc) is 2.69. The molecule has 1 saturated heterocycles. The number of carbonyl (C=O) groups is 3. The second-order valence-corrected chi connectivity index (χ2v) is 5.60. The summed E-state index contributed by atoms with van der Waals surface area (Å²) >= 11 is 0. The van der Waals surface area contributed by atoms with Gasteiger partial charge in [0.1, 0.15) is 17.6 Å². The molecular weight excluding hydrogens is 309 g/mol. The largest absolute Gasteiger partial charge is 0.490 e. The second kappa shape index (κ2) is 5.44. The van der Waals surface area contributed by atoms with Crippen LogP contribution in [0.4, 0.5) is 13.2 Å². The molecule has 124 valence electrons. The van der Waals surface area contributed by atoms with Gasteiger partial charge in [-0.1, -0.05) is 0 Å². The average molecular weight is 324 g/mol. The highest BCUT2D eigenvalue weighted by Gasteiger charge is 2.62. The first-order valence-electron chi connectivity index (χ1n) is 6.69. The lowest BCUT2D eigenvalue weighted by Crippen LogP contribution is -2.53. The van der Waals surface area contributed by atoms with Crippen LogP contribution in [0, 0.1) is 11.3 Å². The van der Waals surface area contributed by atoms with Crippen LogP contribution in [-0.2, 0) is 28.6 Å². The Labute approximate surface area is 123 Å². The zero-order valence-corrected chi connectivity index (χ0v) is 11.9. The third kappa shape index (κ3) is 2.76. The molecule has 0 unspecified atom stereocenters. The summed E-state index contributed by atoms with van der Waals surface area (Å²) in [6.07, 6.45) is -6.87. The molecule has 9 heteroatoms. The Morgan fingerprint density at radius 1 is 1.27 bits per heavy atom. The number of hydrogen-bond acceptors (Lipinski definition) is 6. The van der Waals surface area contributed by atoms with Crippen molar-refractivity contribution in [1.29, 1.82) is 0 Å². The monoisotopic (exact) mass is 324 g/mol. The van der Waals surface area contributed by atoms with E-state index in [0.29, 0.717) is 0 Å². The van der Waals surface area contributed by atoms with Crippen molar-refractivity contribution in [3.05, 3.63) is 0 Å². The first kappa shape index (κ1) is 16.6. The van der Waals surface area contributed by atoms with Crippen LogP contribution in [0.15, 0.2) is 0 Å². The fraction of sp³-hybridized carbons (Fsp3) is 0.769. The minimum absolute atomic E-state index is 0.0522. The molecule has 6 nitrogen and oxygen atoms in total. The predicted octanol–water partition coefficient (Wildman–Crippen LogP) is 1.37. The van der Waals surface area contributed by atoms with E-state index in [2.05, 4.69) is 4.74 Å². The van der Waals surface area contributed by atoms with Crippen molar-refractivity contribution < 1.29 is 41.8 Å². The third-order valence-corrected chi connectivity index (χ3v) is 4.23. The summed E-state index contributed by atoms with van der Waals surface area (Å²) in [6.45, 7) is 2.45. The number of rotatable bonds is 2. The van der Waals surface area contributed by atoms with Crippen molar-refractivity contribution in [1.82, 2.24) is 0 Å². The molecule has 4 atom stereocenters. The molecule has 0 N–H and O–H groups in total. The minimum atomic E-state index is -5.10. The molecule has 1 saturated carbocycles. The summed E-state index contributed by atoms with van der Waals surface area (Å²) in [6, 6.07) is 0. The molecule has 0 bridgehead atoms. The number of ether oxygens (including phenoxy) is 3. The van der Waals surface area contributed by atoms with Gasteiger partial charge in [0.15, 0.2) is 0 Å². The highest BCUT2D eigenvalue weighted by molar-refractivity contribution is 5.81. The molecule has 1 aliphatic heterocycles. The SMILES string of the molecule is CC(=O)O[C@H]1CC[C@@H](OC(=O)C(F)(F)F)[C@H]2COC(=O)[C@@]12C. The molecular formula is C13H15F3O6. The summed E-state index contributed by atoms with van der Waals surface area (Å²) in [5.41, 5.74) is -1.32. The lowest BCUT2D eigenvalue weighted by molar-refractivity contribution is -0.214. The molecule has 1 aliphatic carbocycles. The Kier molecular flexibility index (Phi) is 4.09. The van der Waals surface area contributed by atoms with E-state index in [1.807, 2.05) is 0 Å². The van der Waals surface area contributed by atoms with Gasteiger partial charge in [0.25, 0.3) is 0 Å². The molecule has 2 aliphatic rings. The van der Waals surface area contributed by atoms with E-state index < -0.39 is 47.6 Å². The summed E-state index contributed by atoms with van der Waals surface area (Å²) in [5, 5.41) is 0. The molecule has 0 aromatic carbocycles. The predicted molar refractivity (Wildman–Crippen MR) is 63.3 cm³/mol. The van der Waals surface area contributed by atoms with Gasteiger partial charge >= 0.3 is 24.1 Å². The fourth-order valence-electron chi connectivity index (χ4n) is 3.05. The topological polar surface area (TPSA) is 78.9 Å². The Balaban J connectivity index is 2.20. The molecule has 22 heavy (non-hydrogen) atoms. The van der Waals surface area contributed by atoms with Crippen molar-refractivity contribution in [2.45, 2.75) is 45.1 Å². The van der Waals surface area contributed by atoms with Crippen molar-refractivity contribution >= 4 is 17.9 Å².